The first-order chi connectivity index (χ1) is 8.75. The van der Waals surface area contributed by atoms with Crippen LogP contribution in [0.25, 0.3) is 10.9 Å². The van der Waals surface area contributed by atoms with Crippen molar-refractivity contribution in [2.24, 2.45) is 0 Å². The third-order valence-corrected chi connectivity index (χ3v) is 3.63. The highest BCUT2D eigenvalue weighted by molar-refractivity contribution is 5.80. The minimum atomic E-state index is 0.0670. The van der Waals surface area contributed by atoms with Crippen LogP contribution in [0, 0.1) is 6.92 Å². The van der Waals surface area contributed by atoms with Crippen molar-refractivity contribution in [1.29, 1.82) is 0 Å². The average molecular weight is 243 g/mol. The Morgan fingerprint density at radius 3 is 3.17 bits per heavy atom. The lowest BCUT2D eigenvalue weighted by molar-refractivity contribution is 0.497. The summed E-state index contributed by atoms with van der Waals surface area (Å²) in [5.41, 5.74) is 1.94. The zero-order chi connectivity index (χ0) is 12.5. The summed E-state index contributed by atoms with van der Waals surface area (Å²) in [7, 11) is 0. The molecule has 1 unspecified atom stereocenters. The van der Waals surface area contributed by atoms with E-state index in [9.17, 15) is 4.79 Å². The van der Waals surface area contributed by atoms with Gasteiger partial charge in [0.05, 0.1) is 17.2 Å². The second-order valence-corrected chi connectivity index (χ2v) is 4.97. The Bertz CT molecular complexity index is 626. The Kier molecular flexibility index (Phi) is 2.88. The highest BCUT2D eigenvalue weighted by Gasteiger charge is 2.15. The molecule has 1 saturated heterocycles. The lowest BCUT2D eigenvalue weighted by Gasteiger charge is -2.12. The summed E-state index contributed by atoms with van der Waals surface area (Å²) in [6.45, 7) is 3.76. The standard InChI is InChI=1S/C14H17N3O/c1-10-4-2-6-12-13(10)16-9-17(14(12)18)8-11-5-3-7-15-11/h2,4,6,9,11,15H,3,5,7-8H2,1H3. The topological polar surface area (TPSA) is 46.9 Å². The first-order valence-corrected chi connectivity index (χ1v) is 6.44. The summed E-state index contributed by atoms with van der Waals surface area (Å²) in [5.74, 6) is 0. The van der Waals surface area contributed by atoms with Gasteiger partial charge in [0.25, 0.3) is 5.56 Å². The van der Waals surface area contributed by atoms with Crippen LogP contribution in [0.5, 0.6) is 0 Å². The molecule has 0 aliphatic carbocycles. The smallest absolute Gasteiger partial charge is 0.261 e. The molecule has 0 radical (unpaired) electrons. The van der Waals surface area contributed by atoms with Crippen LogP contribution in [-0.4, -0.2) is 22.1 Å². The average Bonchev–Trinajstić information content (AvgIpc) is 2.86. The van der Waals surface area contributed by atoms with Gasteiger partial charge in [0.2, 0.25) is 0 Å². The summed E-state index contributed by atoms with van der Waals surface area (Å²) < 4.78 is 1.73. The molecule has 3 rings (SSSR count). The molecule has 0 bridgehead atoms. The first kappa shape index (κ1) is 11.4. The highest BCUT2D eigenvalue weighted by Crippen LogP contribution is 2.12. The Balaban J connectivity index is 2.03. The molecular weight excluding hydrogens is 226 g/mol. The summed E-state index contributed by atoms with van der Waals surface area (Å²) in [6, 6.07) is 6.17. The van der Waals surface area contributed by atoms with Gasteiger partial charge in [-0.15, -0.1) is 0 Å². The van der Waals surface area contributed by atoms with Gasteiger partial charge in [0, 0.05) is 12.6 Å². The predicted molar refractivity (Wildman–Crippen MR) is 71.8 cm³/mol. The van der Waals surface area contributed by atoms with Crippen molar-refractivity contribution in [3.63, 3.8) is 0 Å². The van der Waals surface area contributed by atoms with Crippen molar-refractivity contribution < 1.29 is 0 Å². The number of rotatable bonds is 2. The van der Waals surface area contributed by atoms with Crippen molar-refractivity contribution in [3.8, 4) is 0 Å². The van der Waals surface area contributed by atoms with E-state index >= 15 is 0 Å². The van der Waals surface area contributed by atoms with E-state index in [1.54, 1.807) is 10.9 Å². The molecule has 4 nitrogen and oxygen atoms in total. The molecule has 4 heteroatoms. The third-order valence-electron chi connectivity index (χ3n) is 3.63. The highest BCUT2D eigenvalue weighted by atomic mass is 16.1. The van der Waals surface area contributed by atoms with Gasteiger partial charge in [-0.25, -0.2) is 4.98 Å². The fraction of sp³-hybridized carbons (Fsp3) is 0.429. The third kappa shape index (κ3) is 1.93. The fourth-order valence-corrected chi connectivity index (χ4v) is 2.62. The lowest BCUT2D eigenvalue weighted by Crippen LogP contribution is -2.32. The van der Waals surface area contributed by atoms with Crippen LogP contribution in [0.1, 0.15) is 18.4 Å². The quantitative estimate of drug-likeness (QED) is 0.868. The number of hydrogen-bond acceptors (Lipinski definition) is 3. The molecule has 1 aliphatic rings. The maximum atomic E-state index is 12.4. The molecule has 2 heterocycles. The van der Waals surface area contributed by atoms with Gasteiger partial charge in [0.15, 0.2) is 0 Å². The Morgan fingerprint density at radius 2 is 2.39 bits per heavy atom. The number of aryl methyl sites for hydroxylation is 1. The molecule has 1 atom stereocenters. The molecule has 94 valence electrons. The van der Waals surface area contributed by atoms with Gasteiger partial charge in [-0.05, 0) is 37.9 Å². The van der Waals surface area contributed by atoms with Gasteiger partial charge >= 0.3 is 0 Å². The van der Waals surface area contributed by atoms with E-state index in [0.29, 0.717) is 6.04 Å². The number of fused-ring (bicyclic) bond motifs is 1. The second kappa shape index (κ2) is 4.53. The van der Waals surface area contributed by atoms with Gasteiger partial charge in [-0.2, -0.15) is 0 Å². The van der Waals surface area contributed by atoms with Crippen LogP contribution in [0.2, 0.25) is 0 Å². The molecular formula is C14H17N3O. The van der Waals surface area contributed by atoms with Crippen LogP contribution >= 0.6 is 0 Å². The van der Waals surface area contributed by atoms with Crippen LogP contribution in [0.15, 0.2) is 29.3 Å². The minimum absolute atomic E-state index is 0.0670. The van der Waals surface area contributed by atoms with Crippen molar-refractivity contribution in [2.75, 3.05) is 6.54 Å². The Labute approximate surface area is 106 Å². The van der Waals surface area contributed by atoms with E-state index in [0.717, 1.165) is 36.0 Å². The van der Waals surface area contributed by atoms with E-state index in [-0.39, 0.29) is 5.56 Å². The van der Waals surface area contributed by atoms with Crippen LogP contribution in [0.4, 0.5) is 0 Å². The van der Waals surface area contributed by atoms with Crippen molar-refractivity contribution in [2.45, 2.75) is 32.4 Å². The summed E-state index contributed by atoms with van der Waals surface area (Å²) >= 11 is 0. The monoisotopic (exact) mass is 243 g/mol. The van der Waals surface area contributed by atoms with E-state index in [1.165, 1.54) is 6.42 Å². The van der Waals surface area contributed by atoms with Gasteiger partial charge in [-0.1, -0.05) is 12.1 Å². The number of para-hydroxylation sites is 1. The molecule has 0 spiro atoms. The molecule has 1 N–H and O–H groups in total. The second-order valence-electron chi connectivity index (χ2n) is 4.97. The largest absolute Gasteiger partial charge is 0.312 e. The van der Waals surface area contributed by atoms with Crippen LogP contribution in [-0.2, 0) is 6.54 Å². The summed E-state index contributed by atoms with van der Waals surface area (Å²) in [6.07, 6.45) is 4.01. The number of nitrogens with zero attached hydrogens (tertiary/aromatic N) is 2. The molecule has 1 aromatic heterocycles. The number of aromatic nitrogens is 2. The molecule has 0 saturated carbocycles. The van der Waals surface area contributed by atoms with Gasteiger partial charge in [-0.3, -0.25) is 9.36 Å². The normalized spacial score (nSPS) is 19.5. The molecule has 1 fully saturated rings. The van der Waals surface area contributed by atoms with E-state index in [1.807, 2.05) is 25.1 Å². The van der Waals surface area contributed by atoms with E-state index < -0.39 is 0 Å². The van der Waals surface area contributed by atoms with Crippen molar-refractivity contribution in [1.82, 2.24) is 14.9 Å². The molecule has 0 amide bonds. The van der Waals surface area contributed by atoms with Crippen LogP contribution < -0.4 is 10.9 Å². The molecule has 1 aromatic carbocycles. The number of benzene rings is 1. The SMILES string of the molecule is Cc1cccc2c(=O)n(CC3CCCN3)cnc12. The number of hydrogen-bond donors (Lipinski definition) is 1. The Morgan fingerprint density at radius 1 is 1.50 bits per heavy atom. The first-order valence-electron chi connectivity index (χ1n) is 6.44. The predicted octanol–water partition coefficient (Wildman–Crippen LogP) is 1.46. The zero-order valence-electron chi connectivity index (χ0n) is 10.5. The summed E-state index contributed by atoms with van der Waals surface area (Å²) in [4.78, 5) is 16.8. The van der Waals surface area contributed by atoms with Crippen molar-refractivity contribution >= 4 is 10.9 Å². The maximum Gasteiger partial charge on any atom is 0.261 e. The molecule has 2 aromatic rings. The summed E-state index contributed by atoms with van der Waals surface area (Å²) in [5, 5.41) is 4.12. The lowest BCUT2D eigenvalue weighted by atomic mass is 10.1. The molecule has 18 heavy (non-hydrogen) atoms. The minimum Gasteiger partial charge on any atom is -0.312 e. The van der Waals surface area contributed by atoms with Gasteiger partial charge in [0.1, 0.15) is 0 Å². The number of nitrogens with one attached hydrogen (secondary N) is 1. The Hall–Kier alpha value is -1.68. The van der Waals surface area contributed by atoms with Gasteiger partial charge < -0.3 is 5.32 Å². The van der Waals surface area contributed by atoms with Crippen LogP contribution in [0.3, 0.4) is 0 Å². The van der Waals surface area contributed by atoms with E-state index in [2.05, 4.69) is 10.3 Å². The fourth-order valence-electron chi connectivity index (χ4n) is 2.62. The molecule has 1 aliphatic heterocycles. The van der Waals surface area contributed by atoms with Crippen molar-refractivity contribution in [3.05, 3.63) is 40.4 Å². The zero-order valence-corrected chi connectivity index (χ0v) is 10.5. The van der Waals surface area contributed by atoms with E-state index in [4.69, 9.17) is 0 Å². The maximum absolute atomic E-state index is 12.4.